The lowest BCUT2D eigenvalue weighted by atomic mass is 10.00. The van der Waals surface area contributed by atoms with Crippen molar-refractivity contribution in [2.24, 2.45) is 5.41 Å². The van der Waals surface area contributed by atoms with Crippen molar-refractivity contribution in [2.75, 3.05) is 6.61 Å². The molecule has 132 valence electrons. The first-order valence-electron chi connectivity index (χ1n) is 7.34. The first kappa shape index (κ1) is 17.8. The Balaban J connectivity index is 2.12. The van der Waals surface area contributed by atoms with Gasteiger partial charge in [0.15, 0.2) is 9.84 Å². The quantitative estimate of drug-likeness (QED) is 0.826. The molecule has 0 aliphatic heterocycles. The zero-order valence-corrected chi connectivity index (χ0v) is 14.3. The molecular weight excluding hydrogens is 371 g/mol. The average Bonchev–Trinajstić information content (AvgIpc) is 3.27. The summed E-state index contributed by atoms with van der Waals surface area (Å²) in [4.78, 5) is 11.7. The van der Waals surface area contributed by atoms with Gasteiger partial charge in [0.05, 0.1) is 16.8 Å². The van der Waals surface area contributed by atoms with Crippen molar-refractivity contribution in [1.82, 2.24) is 0 Å². The van der Waals surface area contributed by atoms with E-state index in [2.05, 4.69) is 0 Å². The SMILES string of the molecule is O=C(O)[C@]1(CO)[C@@H](c2cccc(F)c2)[C@@H]1S(=O)(=O)c1ccc(Cl)cc1. The van der Waals surface area contributed by atoms with Gasteiger partial charge in [0.25, 0.3) is 0 Å². The smallest absolute Gasteiger partial charge is 0.314 e. The fraction of sp³-hybridized carbons (Fsp3) is 0.235. The van der Waals surface area contributed by atoms with Gasteiger partial charge in [0, 0.05) is 10.9 Å². The summed E-state index contributed by atoms with van der Waals surface area (Å²) in [6.45, 7) is -0.874. The molecule has 0 bridgehead atoms. The van der Waals surface area contributed by atoms with Gasteiger partial charge in [-0.2, -0.15) is 0 Å². The third-order valence-electron chi connectivity index (χ3n) is 4.60. The van der Waals surface area contributed by atoms with E-state index in [1.165, 1.54) is 42.5 Å². The van der Waals surface area contributed by atoms with Crippen molar-refractivity contribution in [3.63, 3.8) is 0 Å². The highest BCUT2D eigenvalue weighted by Crippen LogP contribution is 2.64. The predicted octanol–water partition coefficient (Wildman–Crippen LogP) is 2.48. The van der Waals surface area contributed by atoms with Crippen molar-refractivity contribution in [2.45, 2.75) is 16.1 Å². The summed E-state index contributed by atoms with van der Waals surface area (Å²) < 4.78 is 39.4. The lowest BCUT2D eigenvalue weighted by molar-refractivity contribution is -0.145. The molecule has 0 spiro atoms. The molecule has 0 heterocycles. The van der Waals surface area contributed by atoms with Crippen molar-refractivity contribution in [3.05, 3.63) is 64.9 Å². The molecule has 3 atom stereocenters. The van der Waals surface area contributed by atoms with Crippen LogP contribution in [0.1, 0.15) is 11.5 Å². The number of aliphatic hydroxyl groups is 1. The number of carboxylic acids is 1. The Bertz CT molecular complexity index is 928. The molecule has 2 N–H and O–H groups in total. The highest BCUT2D eigenvalue weighted by molar-refractivity contribution is 7.92. The van der Waals surface area contributed by atoms with Crippen LogP contribution in [0.3, 0.4) is 0 Å². The highest BCUT2D eigenvalue weighted by atomic mass is 35.5. The molecule has 1 fully saturated rings. The normalized spacial score (nSPS) is 25.6. The number of aliphatic hydroxyl groups excluding tert-OH is 1. The highest BCUT2D eigenvalue weighted by Gasteiger charge is 2.75. The van der Waals surface area contributed by atoms with Crippen LogP contribution in [0.15, 0.2) is 53.4 Å². The minimum atomic E-state index is -4.08. The van der Waals surface area contributed by atoms with Crippen LogP contribution in [0.5, 0.6) is 0 Å². The minimum Gasteiger partial charge on any atom is -0.481 e. The van der Waals surface area contributed by atoms with E-state index in [1.54, 1.807) is 0 Å². The fourth-order valence-corrected chi connectivity index (χ4v) is 5.80. The van der Waals surface area contributed by atoms with E-state index in [0.29, 0.717) is 5.02 Å². The maximum absolute atomic E-state index is 13.5. The van der Waals surface area contributed by atoms with Gasteiger partial charge >= 0.3 is 5.97 Å². The van der Waals surface area contributed by atoms with Crippen LogP contribution in [-0.4, -0.2) is 36.5 Å². The van der Waals surface area contributed by atoms with Crippen LogP contribution >= 0.6 is 11.6 Å². The van der Waals surface area contributed by atoms with E-state index in [4.69, 9.17) is 11.6 Å². The molecule has 1 saturated carbocycles. The standard InChI is InChI=1S/C17H14ClFO5S/c18-11-4-6-13(7-5-11)25(23,24)15-14(17(15,9-20)16(21)22)10-2-1-3-12(19)8-10/h1-8,14-15,20H,9H2,(H,21,22)/t14-,15-,17+/m0/s1. The molecular formula is C17H14ClFO5S. The zero-order chi connectivity index (χ0) is 18.4. The van der Waals surface area contributed by atoms with Gasteiger partial charge in [0.2, 0.25) is 0 Å². The topological polar surface area (TPSA) is 91.7 Å². The third-order valence-corrected chi connectivity index (χ3v) is 7.14. The minimum absolute atomic E-state index is 0.0973. The maximum Gasteiger partial charge on any atom is 0.314 e. The largest absolute Gasteiger partial charge is 0.481 e. The number of benzene rings is 2. The molecule has 8 heteroatoms. The second-order valence-corrected chi connectivity index (χ2v) is 8.46. The molecule has 25 heavy (non-hydrogen) atoms. The average molecular weight is 385 g/mol. The lowest BCUT2D eigenvalue weighted by Gasteiger charge is -2.09. The molecule has 2 aromatic carbocycles. The molecule has 0 unspecified atom stereocenters. The van der Waals surface area contributed by atoms with Gasteiger partial charge in [-0.15, -0.1) is 0 Å². The molecule has 0 aromatic heterocycles. The molecule has 0 amide bonds. The molecule has 0 radical (unpaired) electrons. The van der Waals surface area contributed by atoms with Gasteiger partial charge in [-0.3, -0.25) is 4.79 Å². The van der Waals surface area contributed by atoms with Gasteiger partial charge in [-0.05, 0) is 42.0 Å². The number of rotatable bonds is 5. The Morgan fingerprint density at radius 1 is 1.20 bits per heavy atom. The van der Waals surface area contributed by atoms with E-state index >= 15 is 0 Å². The van der Waals surface area contributed by atoms with Crippen molar-refractivity contribution in [3.8, 4) is 0 Å². The zero-order valence-electron chi connectivity index (χ0n) is 12.8. The summed E-state index contributed by atoms with van der Waals surface area (Å²) in [5, 5.41) is 18.2. The Hall–Kier alpha value is -1.96. The number of carbonyl (C=O) groups is 1. The van der Waals surface area contributed by atoms with Crippen LogP contribution in [0.4, 0.5) is 4.39 Å². The first-order valence-corrected chi connectivity index (χ1v) is 9.27. The lowest BCUT2D eigenvalue weighted by Crippen LogP contribution is -2.27. The summed E-state index contributed by atoms with van der Waals surface area (Å²) in [6, 6.07) is 10.4. The first-order chi connectivity index (χ1) is 11.7. The van der Waals surface area contributed by atoms with Crippen LogP contribution in [0, 0.1) is 11.2 Å². The molecule has 2 aromatic rings. The molecule has 0 saturated heterocycles. The number of sulfone groups is 1. The Morgan fingerprint density at radius 3 is 2.36 bits per heavy atom. The van der Waals surface area contributed by atoms with Crippen LogP contribution in [0.25, 0.3) is 0 Å². The van der Waals surface area contributed by atoms with E-state index in [9.17, 15) is 27.8 Å². The second kappa shape index (κ2) is 6.09. The van der Waals surface area contributed by atoms with Gasteiger partial charge < -0.3 is 10.2 Å². The van der Waals surface area contributed by atoms with E-state index < -0.39 is 44.8 Å². The van der Waals surface area contributed by atoms with E-state index in [0.717, 1.165) is 6.07 Å². The predicted molar refractivity (Wildman–Crippen MR) is 88.7 cm³/mol. The summed E-state index contributed by atoms with van der Waals surface area (Å²) >= 11 is 5.76. The molecule has 3 rings (SSSR count). The molecule has 5 nitrogen and oxygen atoms in total. The number of halogens is 2. The number of carboxylic acid groups (broad SMARTS) is 1. The van der Waals surface area contributed by atoms with Gasteiger partial charge in [-0.25, -0.2) is 12.8 Å². The van der Waals surface area contributed by atoms with E-state index in [1.807, 2.05) is 0 Å². The van der Waals surface area contributed by atoms with E-state index in [-0.39, 0.29) is 10.5 Å². The summed E-state index contributed by atoms with van der Waals surface area (Å²) in [7, 11) is -4.08. The van der Waals surface area contributed by atoms with Crippen LogP contribution < -0.4 is 0 Å². The fourth-order valence-electron chi connectivity index (χ4n) is 3.31. The van der Waals surface area contributed by atoms with Crippen molar-refractivity contribution < 1.29 is 27.8 Å². The number of hydrogen-bond acceptors (Lipinski definition) is 4. The maximum atomic E-state index is 13.5. The molecule has 1 aliphatic rings. The molecule has 1 aliphatic carbocycles. The monoisotopic (exact) mass is 384 g/mol. The Morgan fingerprint density at radius 2 is 1.84 bits per heavy atom. The summed E-state index contributed by atoms with van der Waals surface area (Å²) in [5.41, 5.74) is -1.69. The number of aliphatic carboxylic acids is 1. The Labute approximate surface area is 148 Å². The Kier molecular flexibility index (Phi) is 4.35. The van der Waals surface area contributed by atoms with Crippen molar-refractivity contribution in [1.29, 1.82) is 0 Å². The summed E-state index contributed by atoms with van der Waals surface area (Å²) in [6.07, 6.45) is 0. The van der Waals surface area contributed by atoms with Crippen LogP contribution in [0.2, 0.25) is 5.02 Å². The van der Waals surface area contributed by atoms with Gasteiger partial charge in [-0.1, -0.05) is 23.7 Å². The second-order valence-electron chi connectivity index (χ2n) is 5.96. The van der Waals surface area contributed by atoms with Gasteiger partial charge in [0.1, 0.15) is 11.2 Å². The third kappa shape index (κ3) is 2.72. The number of hydrogen-bond donors (Lipinski definition) is 2. The summed E-state index contributed by atoms with van der Waals surface area (Å²) in [5.74, 6) is -3.09. The van der Waals surface area contributed by atoms with Crippen molar-refractivity contribution >= 4 is 27.4 Å². The van der Waals surface area contributed by atoms with Crippen LogP contribution in [-0.2, 0) is 14.6 Å².